The van der Waals surface area contributed by atoms with Crippen molar-refractivity contribution in [1.29, 1.82) is 0 Å². The fourth-order valence-corrected chi connectivity index (χ4v) is 4.19. The number of aliphatic imine (C=N–C) groups is 1. The van der Waals surface area contributed by atoms with Crippen molar-refractivity contribution in [2.75, 3.05) is 0 Å². The number of rotatable bonds is 4. The molecule has 0 atom stereocenters. The molecule has 0 saturated carbocycles. The lowest BCUT2D eigenvalue weighted by Gasteiger charge is -2.03. The number of hydrogen-bond acceptors (Lipinski definition) is 4. The molecule has 0 bridgehead atoms. The molecule has 2 aromatic heterocycles. The maximum atomic E-state index is 6.31. The van der Waals surface area contributed by atoms with E-state index in [4.69, 9.17) is 51.4 Å². The van der Waals surface area contributed by atoms with Crippen LogP contribution in [0.15, 0.2) is 65.7 Å². The molecule has 5 nitrogen and oxygen atoms in total. The average molecular weight is 513 g/mol. The van der Waals surface area contributed by atoms with E-state index in [9.17, 15) is 0 Å². The molecule has 0 N–H and O–H groups in total. The number of para-hydroxylation sites is 1. The van der Waals surface area contributed by atoms with Crippen molar-refractivity contribution in [3.63, 3.8) is 0 Å². The number of halogens is 4. The fraction of sp³-hybridized carbons (Fsp3) is 0. The normalized spacial score (nSPS) is 12.0. The number of benzene rings is 3. The van der Waals surface area contributed by atoms with Crippen LogP contribution in [0.4, 0.5) is 5.95 Å². The zero-order valence-corrected chi connectivity index (χ0v) is 19.8. The van der Waals surface area contributed by atoms with Crippen molar-refractivity contribution >= 4 is 87.3 Å². The molecule has 9 heteroatoms. The SMILES string of the molecule is Clc1ccc(/C=C/c2nc3ccccc3c3nc(/N=C/c4ccc(Cl)cc4Cl)nn23)c(Cl)c1. The number of hydrogen-bond donors (Lipinski definition) is 0. The largest absolute Gasteiger partial charge is 0.269 e. The smallest absolute Gasteiger partial charge is 0.228 e. The van der Waals surface area contributed by atoms with Crippen molar-refractivity contribution < 1.29 is 0 Å². The predicted octanol–water partition coefficient (Wildman–Crippen LogP) is 7.81. The van der Waals surface area contributed by atoms with Crippen molar-refractivity contribution in [3.05, 3.63) is 97.7 Å². The highest BCUT2D eigenvalue weighted by molar-refractivity contribution is 6.36. The molecule has 5 aromatic rings. The standard InChI is InChI=1S/C24H13Cl4N5/c25-16-8-5-14(19(27)11-16)7-10-22-30-21-4-2-1-3-18(21)23-31-24(32-33(22)23)29-13-15-6-9-17(26)12-20(15)28/h1-13H/b10-7+,29-13+. The molecule has 0 amide bonds. The second-order valence-electron chi connectivity index (χ2n) is 7.06. The molecule has 0 fully saturated rings. The van der Waals surface area contributed by atoms with E-state index in [2.05, 4.69) is 15.1 Å². The lowest BCUT2D eigenvalue weighted by atomic mass is 10.2. The van der Waals surface area contributed by atoms with E-state index in [1.807, 2.05) is 42.5 Å². The maximum absolute atomic E-state index is 6.31. The summed E-state index contributed by atoms with van der Waals surface area (Å²) in [7, 11) is 0. The van der Waals surface area contributed by atoms with E-state index in [0.717, 1.165) is 16.5 Å². The van der Waals surface area contributed by atoms with Gasteiger partial charge >= 0.3 is 0 Å². The zero-order valence-electron chi connectivity index (χ0n) is 16.8. The molecule has 0 unspecified atom stereocenters. The third-order valence-electron chi connectivity index (χ3n) is 4.85. The highest BCUT2D eigenvalue weighted by Gasteiger charge is 2.12. The summed E-state index contributed by atoms with van der Waals surface area (Å²) in [6.45, 7) is 0. The van der Waals surface area contributed by atoms with Crippen LogP contribution in [0, 0.1) is 0 Å². The first-order valence-electron chi connectivity index (χ1n) is 9.76. The lowest BCUT2D eigenvalue weighted by Crippen LogP contribution is -1.98. The zero-order chi connectivity index (χ0) is 22.9. The first-order chi connectivity index (χ1) is 16.0. The van der Waals surface area contributed by atoms with Gasteiger partial charge in [-0.2, -0.15) is 9.50 Å². The van der Waals surface area contributed by atoms with Crippen LogP contribution in [0.25, 0.3) is 28.7 Å². The van der Waals surface area contributed by atoms with Gasteiger partial charge in [-0.05, 0) is 54.1 Å². The Kier molecular flexibility index (Phi) is 6.04. The number of aromatic nitrogens is 4. The topological polar surface area (TPSA) is 55.4 Å². The van der Waals surface area contributed by atoms with Gasteiger partial charge < -0.3 is 0 Å². The highest BCUT2D eigenvalue weighted by atomic mass is 35.5. The summed E-state index contributed by atoms with van der Waals surface area (Å²) in [5.74, 6) is 0.853. The van der Waals surface area contributed by atoms with Crippen LogP contribution in [0.3, 0.4) is 0 Å². The summed E-state index contributed by atoms with van der Waals surface area (Å²) >= 11 is 24.5. The molecule has 0 radical (unpaired) electrons. The van der Waals surface area contributed by atoms with Crippen LogP contribution in [-0.2, 0) is 0 Å². The lowest BCUT2D eigenvalue weighted by molar-refractivity contribution is 0.918. The van der Waals surface area contributed by atoms with E-state index in [-0.39, 0.29) is 5.95 Å². The summed E-state index contributed by atoms with van der Waals surface area (Å²) in [5, 5.41) is 7.56. The van der Waals surface area contributed by atoms with Crippen LogP contribution >= 0.6 is 46.4 Å². The summed E-state index contributed by atoms with van der Waals surface area (Å²) < 4.78 is 1.65. The Morgan fingerprint density at radius 3 is 2.18 bits per heavy atom. The molecule has 0 saturated heterocycles. The molecule has 3 aromatic carbocycles. The molecular weight excluding hydrogens is 500 g/mol. The van der Waals surface area contributed by atoms with E-state index in [1.54, 1.807) is 41.1 Å². The second kappa shape index (κ2) is 9.12. The van der Waals surface area contributed by atoms with Crippen molar-refractivity contribution in [2.24, 2.45) is 4.99 Å². The van der Waals surface area contributed by atoms with E-state index in [1.165, 1.54) is 0 Å². The van der Waals surface area contributed by atoms with Crippen LogP contribution in [0.2, 0.25) is 20.1 Å². The Balaban J connectivity index is 1.60. The van der Waals surface area contributed by atoms with Gasteiger partial charge in [-0.25, -0.2) is 9.98 Å². The second-order valence-corrected chi connectivity index (χ2v) is 8.74. The van der Waals surface area contributed by atoms with Crippen LogP contribution in [-0.4, -0.2) is 25.8 Å². The Morgan fingerprint density at radius 2 is 1.45 bits per heavy atom. The van der Waals surface area contributed by atoms with Crippen molar-refractivity contribution in [1.82, 2.24) is 19.6 Å². The average Bonchev–Trinajstić information content (AvgIpc) is 3.22. The first-order valence-corrected chi connectivity index (χ1v) is 11.3. The monoisotopic (exact) mass is 511 g/mol. The van der Waals surface area contributed by atoms with Gasteiger partial charge in [0.15, 0.2) is 11.5 Å². The van der Waals surface area contributed by atoms with Crippen molar-refractivity contribution in [2.45, 2.75) is 0 Å². The Hall–Kier alpha value is -2.96. The molecule has 162 valence electrons. The van der Waals surface area contributed by atoms with Gasteiger partial charge in [0.1, 0.15) is 0 Å². The Labute approximate surface area is 208 Å². The molecule has 5 rings (SSSR count). The van der Waals surface area contributed by atoms with Crippen LogP contribution < -0.4 is 0 Å². The quantitative estimate of drug-likeness (QED) is 0.231. The molecule has 33 heavy (non-hydrogen) atoms. The third-order valence-corrected chi connectivity index (χ3v) is 5.97. The summed E-state index contributed by atoms with van der Waals surface area (Å²) in [5.41, 5.74) is 2.94. The molecule has 0 aliphatic carbocycles. The van der Waals surface area contributed by atoms with E-state index in [0.29, 0.717) is 37.1 Å². The molecule has 0 aliphatic heterocycles. The van der Waals surface area contributed by atoms with Gasteiger partial charge in [0.05, 0.1) is 10.5 Å². The van der Waals surface area contributed by atoms with Crippen LogP contribution in [0.5, 0.6) is 0 Å². The fourth-order valence-electron chi connectivity index (χ4n) is 3.26. The molecule has 0 spiro atoms. The minimum atomic E-state index is 0.276. The van der Waals surface area contributed by atoms with Crippen molar-refractivity contribution in [3.8, 4) is 0 Å². The first kappa shape index (κ1) is 21.9. The molecule has 0 aliphatic rings. The maximum Gasteiger partial charge on any atom is 0.269 e. The minimum Gasteiger partial charge on any atom is -0.228 e. The number of fused-ring (bicyclic) bond motifs is 3. The Morgan fingerprint density at radius 1 is 0.758 bits per heavy atom. The van der Waals surface area contributed by atoms with E-state index < -0.39 is 0 Å². The van der Waals surface area contributed by atoms with Gasteiger partial charge in [0.25, 0.3) is 5.95 Å². The van der Waals surface area contributed by atoms with Gasteiger partial charge in [-0.3, -0.25) is 0 Å². The minimum absolute atomic E-state index is 0.276. The van der Waals surface area contributed by atoms with E-state index >= 15 is 0 Å². The molecular formula is C24H13Cl4N5. The third kappa shape index (κ3) is 4.59. The summed E-state index contributed by atoms with van der Waals surface area (Å²) in [6, 6.07) is 18.2. The van der Waals surface area contributed by atoms with Gasteiger partial charge in [-0.15, -0.1) is 5.10 Å². The van der Waals surface area contributed by atoms with Gasteiger partial charge in [0, 0.05) is 32.2 Å². The summed E-state index contributed by atoms with van der Waals surface area (Å²) in [6.07, 6.45) is 5.28. The van der Waals surface area contributed by atoms with Crippen LogP contribution in [0.1, 0.15) is 17.0 Å². The summed E-state index contributed by atoms with van der Waals surface area (Å²) in [4.78, 5) is 13.8. The Bertz CT molecular complexity index is 1570. The highest BCUT2D eigenvalue weighted by Crippen LogP contribution is 2.25. The predicted molar refractivity (Wildman–Crippen MR) is 137 cm³/mol. The van der Waals surface area contributed by atoms with Gasteiger partial charge in [0.2, 0.25) is 0 Å². The number of nitrogens with zero attached hydrogens (tertiary/aromatic N) is 5. The van der Waals surface area contributed by atoms with Gasteiger partial charge in [-0.1, -0.05) is 70.7 Å². The molecule has 2 heterocycles.